The van der Waals surface area contributed by atoms with Gasteiger partial charge in [0, 0.05) is 25.1 Å². The highest BCUT2D eigenvalue weighted by Crippen LogP contribution is 2.32. The van der Waals surface area contributed by atoms with Gasteiger partial charge >= 0.3 is 0 Å². The molecule has 47 heavy (non-hydrogen) atoms. The number of benzene rings is 4. The third kappa shape index (κ3) is 8.92. The molecule has 2 amide bonds. The highest BCUT2D eigenvalue weighted by molar-refractivity contribution is 7.92. The molecule has 0 spiro atoms. The lowest BCUT2D eigenvalue weighted by molar-refractivity contribution is -0.140. The fourth-order valence-electron chi connectivity index (χ4n) is 5.12. The van der Waals surface area contributed by atoms with Crippen LogP contribution in [0.3, 0.4) is 0 Å². The van der Waals surface area contributed by atoms with E-state index in [0.29, 0.717) is 17.9 Å². The minimum Gasteiger partial charge on any atom is -0.493 e. The summed E-state index contributed by atoms with van der Waals surface area (Å²) in [5, 5.41) is 3.05. The molecule has 0 aliphatic carbocycles. The standard InChI is InChI=1S/C37H43N3O6S/c1-6-28(3)38-37(42)33(23-29-13-9-7-10-14-29)39(25-30-15-11-8-12-16-30)36(41)26-40(31-19-17-27(2)18-20-31)47(43,44)32-21-22-34(45-4)35(24-32)46-5/h7-22,24,28,33H,6,23,25-26H2,1-5H3,(H,38,42). The first kappa shape index (κ1) is 35.0. The van der Waals surface area contributed by atoms with Crippen LogP contribution in [-0.2, 0) is 32.6 Å². The number of aryl methyl sites for hydroxylation is 1. The molecule has 0 heterocycles. The van der Waals surface area contributed by atoms with Gasteiger partial charge in [-0.3, -0.25) is 13.9 Å². The molecule has 10 heteroatoms. The van der Waals surface area contributed by atoms with Crippen molar-refractivity contribution in [2.75, 3.05) is 25.1 Å². The number of amides is 2. The third-order valence-corrected chi connectivity index (χ3v) is 9.78. The van der Waals surface area contributed by atoms with E-state index in [1.54, 1.807) is 24.3 Å². The molecular formula is C37H43N3O6S. The van der Waals surface area contributed by atoms with E-state index in [-0.39, 0.29) is 35.6 Å². The number of rotatable bonds is 15. The predicted molar refractivity (Wildman–Crippen MR) is 184 cm³/mol. The molecule has 0 aliphatic heterocycles. The first-order chi connectivity index (χ1) is 22.6. The second-order valence-corrected chi connectivity index (χ2v) is 13.3. The molecule has 0 radical (unpaired) electrons. The largest absolute Gasteiger partial charge is 0.493 e. The average molecular weight is 658 g/mol. The van der Waals surface area contributed by atoms with Crippen molar-refractivity contribution in [3.8, 4) is 11.5 Å². The Morgan fingerprint density at radius 3 is 1.98 bits per heavy atom. The summed E-state index contributed by atoms with van der Waals surface area (Å²) in [4.78, 5) is 29.9. The molecule has 0 bridgehead atoms. The molecule has 0 aliphatic rings. The fraction of sp³-hybridized carbons (Fsp3) is 0.297. The Labute approximate surface area is 278 Å². The summed E-state index contributed by atoms with van der Waals surface area (Å²) in [5.74, 6) is -0.232. The van der Waals surface area contributed by atoms with Gasteiger partial charge in [0.05, 0.1) is 24.8 Å². The number of ether oxygens (including phenoxy) is 2. The Morgan fingerprint density at radius 2 is 1.40 bits per heavy atom. The lowest BCUT2D eigenvalue weighted by Crippen LogP contribution is -2.54. The number of hydrogen-bond donors (Lipinski definition) is 1. The van der Waals surface area contributed by atoms with E-state index in [9.17, 15) is 18.0 Å². The van der Waals surface area contributed by atoms with Crippen LogP contribution < -0.4 is 19.1 Å². The van der Waals surface area contributed by atoms with Gasteiger partial charge in [-0.2, -0.15) is 0 Å². The van der Waals surface area contributed by atoms with Crippen LogP contribution in [0.1, 0.15) is 37.0 Å². The van der Waals surface area contributed by atoms with Crippen molar-refractivity contribution in [1.29, 1.82) is 0 Å². The molecule has 1 N–H and O–H groups in total. The first-order valence-corrected chi connectivity index (χ1v) is 17.0. The number of anilines is 1. The first-order valence-electron chi connectivity index (χ1n) is 15.6. The summed E-state index contributed by atoms with van der Waals surface area (Å²) in [6.07, 6.45) is 0.954. The van der Waals surface area contributed by atoms with Gasteiger partial charge in [0.25, 0.3) is 10.0 Å². The zero-order valence-corrected chi connectivity index (χ0v) is 28.4. The molecule has 9 nitrogen and oxygen atoms in total. The van der Waals surface area contributed by atoms with Gasteiger partial charge in [-0.15, -0.1) is 0 Å². The van der Waals surface area contributed by atoms with Gasteiger partial charge in [-0.25, -0.2) is 8.42 Å². The molecule has 2 atom stereocenters. The van der Waals surface area contributed by atoms with Crippen LogP contribution in [0, 0.1) is 6.92 Å². The Hall–Kier alpha value is -4.83. The molecule has 248 valence electrons. The maximum Gasteiger partial charge on any atom is 0.264 e. The maximum absolute atomic E-state index is 14.6. The van der Waals surface area contributed by atoms with Gasteiger partial charge in [-0.1, -0.05) is 85.3 Å². The second kappa shape index (κ2) is 16.1. The Balaban J connectivity index is 1.81. The maximum atomic E-state index is 14.6. The number of hydrogen-bond acceptors (Lipinski definition) is 6. The molecule has 0 fully saturated rings. The molecular weight excluding hydrogens is 614 g/mol. The van der Waals surface area contributed by atoms with Gasteiger partial charge < -0.3 is 19.7 Å². The van der Waals surface area contributed by atoms with Crippen LogP contribution in [0.25, 0.3) is 0 Å². The molecule has 0 saturated heterocycles. The smallest absolute Gasteiger partial charge is 0.264 e. The van der Waals surface area contributed by atoms with E-state index in [0.717, 1.165) is 21.0 Å². The Morgan fingerprint density at radius 1 is 0.809 bits per heavy atom. The summed E-state index contributed by atoms with van der Waals surface area (Å²) in [6, 6.07) is 29.0. The summed E-state index contributed by atoms with van der Waals surface area (Å²) in [5.41, 5.74) is 2.91. The topological polar surface area (TPSA) is 105 Å². The van der Waals surface area contributed by atoms with Crippen molar-refractivity contribution in [3.63, 3.8) is 0 Å². The minimum atomic E-state index is -4.30. The van der Waals surface area contributed by atoms with E-state index in [4.69, 9.17) is 9.47 Å². The lowest BCUT2D eigenvalue weighted by atomic mass is 10.0. The van der Waals surface area contributed by atoms with E-state index in [2.05, 4.69) is 5.32 Å². The molecule has 0 aromatic heterocycles. The van der Waals surface area contributed by atoms with Gasteiger partial charge in [0.1, 0.15) is 12.6 Å². The Bertz CT molecular complexity index is 1730. The number of carbonyl (C=O) groups is 2. The van der Waals surface area contributed by atoms with Gasteiger partial charge in [0.2, 0.25) is 11.8 Å². The van der Waals surface area contributed by atoms with Crippen LogP contribution in [-0.4, -0.2) is 58.0 Å². The van der Waals surface area contributed by atoms with Gasteiger partial charge in [-0.05, 0) is 55.7 Å². The highest BCUT2D eigenvalue weighted by atomic mass is 32.2. The number of sulfonamides is 1. The summed E-state index contributed by atoms with van der Waals surface area (Å²) < 4.78 is 40.5. The van der Waals surface area contributed by atoms with Crippen molar-refractivity contribution in [3.05, 3.63) is 120 Å². The van der Waals surface area contributed by atoms with Crippen molar-refractivity contribution in [2.45, 2.75) is 57.1 Å². The van der Waals surface area contributed by atoms with E-state index in [1.807, 2.05) is 81.4 Å². The normalized spacial score (nSPS) is 12.4. The van der Waals surface area contributed by atoms with E-state index < -0.39 is 28.5 Å². The zero-order chi connectivity index (χ0) is 34.0. The molecule has 4 aromatic carbocycles. The fourth-order valence-corrected chi connectivity index (χ4v) is 6.55. The van der Waals surface area contributed by atoms with Crippen molar-refractivity contribution in [2.24, 2.45) is 0 Å². The molecule has 2 unspecified atom stereocenters. The number of methoxy groups -OCH3 is 2. The van der Waals surface area contributed by atoms with Crippen LogP contribution in [0.4, 0.5) is 5.69 Å². The molecule has 0 saturated carbocycles. The van der Waals surface area contributed by atoms with Crippen molar-refractivity contribution >= 4 is 27.5 Å². The van der Waals surface area contributed by atoms with Crippen LogP contribution >= 0.6 is 0 Å². The summed E-state index contributed by atoms with van der Waals surface area (Å²) in [7, 11) is -1.41. The summed E-state index contributed by atoms with van der Waals surface area (Å²) in [6.45, 7) is 5.34. The third-order valence-electron chi connectivity index (χ3n) is 8.01. The zero-order valence-electron chi connectivity index (χ0n) is 27.6. The summed E-state index contributed by atoms with van der Waals surface area (Å²) >= 11 is 0. The number of nitrogens with one attached hydrogen (secondary N) is 1. The van der Waals surface area contributed by atoms with Crippen LogP contribution in [0.5, 0.6) is 11.5 Å². The van der Waals surface area contributed by atoms with Crippen LogP contribution in [0.2, 0.25) is 0 Å². The average Bonchev–Trinajstić information content (AvgIpc) is 3.09. The molecule has 4 rings (SSSR count). The number of carbonyl (C=O) groups excluding carboxylic acids is 2. The molecule has 4 aromatic rings. The van der Waals surface area contributed by atoms with Crippen molar-refractivity contribution in [1.82, 2.24) is 10.2 Å². The number of nitrogens with zero attached hydrogens (tertiary/aromatic N) is 2. The monoisotopic (exact) mass is 657 g/mol. The minimum absolute atomic E-state index is 0.0755. The predicted octanol–water partition coefficient (Wildman–Crippen LogP) is 5.76. The lowest BCUT2D eigenvalue weighted by Gasteiger charge is -2.34. The highest BCUT2D eigenvalue weighted by Gasteiger charge is 2.35. The van der Waals surface area contributed by atoms with Gasteiger partial charge in [0.15, 0.2) is 11.5 Å². The van der Waals surface area contributed by atoms with E-state index >= 15 is 0 Å². The van der Waals surface area contributed by atoms with Crippen LogP contribution in [0.15, 0.2) is 108 Å². The SMILES string of the molecule is CCC(C)NC(=O)C(Cc1ccccc1)N(Cc1ccccc1)C(=O)CN(c1ccc(C)cc1)S(=O)(=O)c1ccc(OC)c(OC)c1. The van der Waals surface area contributed by atoms with Crippen molar-refractivity contribution < 1.29 is 27.5 Å². The second-order valence-electron chi connectivity index (χ2n) is 11.4. The Kier molecular flexibility index (Phi) is 12.0. The quantitative estimate of drug-likeness (QED) is 0.174. The van der Waals surface area contributed by atoms with E-state index in [1.165, 1.54) is 37.3 Å².